The number of aromatic amines is 1. The van der Waals surface area contributed by atoms with Gasteiger partial charge >= 0.3 is 5.97 Å². The first-order chi connectivity index (χ1) is 17.5. The third kappa shape index (κ3) is 4.26. The van der Waals surface area contributed by atoms with E-state index in [1.54, 1.807) is 23.6 Å². The molecule has 2 N–H and O–H groups in total. The molecule has 0 aliphatic carbocycles. The molecule has 2 aromatic carbocycles. The van der Waals surface area contributed by atoms with E-state index in [-0.39, 0.29) is 30.3 Å². The van der Waals surface area contributed by atoms with Crippen molar-refractivity contribution >= 4 is 45.7 Å². The van der Waals surface area contributed by atoms with Crippen LogP contribution >= 0.6 is 11.3 Å². The van der Waals surface area contributed by atoms with Gasteiger partial charge in [-0.25, -0.2) is 9.78 Å². The molecule has 1 saturated heterocycles. The van der Waals surface area contributed by atoms with E-state index in [9.17, 15) is 14.4 Å². The van der Waals surface area contributed by atoms with Crippen molar-refractivity contribution in [3.05, 3.63) is 81.4 Å². The Morgan fingerprint density at radius 2 is 2.00 bits per heavy atom. The molecule has 0 spiro atoms. The van der Waals surface area contributed by atoms with Gasteiger partial charge in [0.2, 0.25) is 5.91 Å². The number of rotatable bonds is 5. The molecule has 2 aliphatic rings. The van der Waals surface area contributed by atoms with Gasteiger partial charge in [0.1, 0.15) is 12.3 Å². The Bertz CT molecular complexity index is 1480. The van der Waals surface area contributed by atoms with Gasteiger partial charge in [0.05, 0.1) is 17.0 Å². The van der Waals surface area contributed by atoms with Gasteiger partial charge < -0.3 is 19.9 Å². The number of cyclic esters (lactones) is 1. The van der Waals surface area contributed by atoms with Crippen molar-refractivity contribution in [2.45, 2.75) is 31.8 Å². The molecule has 36 heavy (non-hydrogen) atoms. The predicted octanol–water partition coefficient (Wildman–Crippen LogP) is 4.50. The maximum Gasteiger partial charge on any atom is 0.338 e. The van der Waals surface area contributed by atoms with Gasteiger partial charge in [-0.3, -0.25) is 9.59 Å². The van der Waals surface area contributed by atoms with E-state index in [4.69, 9.17) is 4.74 Å². The molecule has 4 aromatic rings. The Morgan fingerprint density at radius 3 is 2.86 bits per heavy atom. The molecule has 8 nitrogen and oxygen atoms in total. The van der Waals surface area contributed by atoms with E-state index in [1.807, 2.05) is 35.4 Å². The average molecular weight is 501 g/mol. The molecule has 0 saturated carbocycles. The molecule has 0 radical (unpaired) electrons. The second-order valence-electron chi connectivity index (χ2n) is 9.16. The highest BCUT2D eigenvalue weighted by Gasteiger charge is 2.27. The monoisotopic (exact) mass is 500 g/mol. The maximum absolute atomic E-state index is 12.9. The lowest BCUT2D eigenvalue weighted by Crippen LogP contribution is -2.38. The second kappa shape index (κ2) is 9.23. The number of para-hydroxylation sites is 1. The van der Waals surface area contributed by atoms with Gasteiger partial charge in [-0.05, 0) is 36.6 Å². The topological polar surface area (TPSA) is 104 Å². The van der Waals surface area contributed by atoms with Crippen LogP contribution in [0.1, 0.15) is 55.7 Å². The van der Waals surface area contributed by atoms with Gasteiger partial charge in [0, 0.05) is 52.7 Å². The fourth-order valence-electron chi connectivity index (χ4n) is 4.89. The van der Waals surface area contributed by atoms with Crippen LogP contribution in [0.25, 0.3) is 10.9 Å². The smallest absolute Gasteiger partial charge is 0.338 e. The summed E-state index contributed by atoms with van der Waals surface area (Å²) in [6.07, 6.45) is 3.95. The zero-order chi connectivity index (χ0) is 24.6. The van der Waals surface area contributed by atoms with Gasteiger partial charge in [0.25, 0.3) is 5.91 Å². The summed E-state index contributed by atoms with van der Waals surface area (Å²) < 4.78 is 5.02. The van der Waals surface area contributed by atoms with Crippen molar-refractivity contribution in [3.63, 3.8) is 0 Å². The zero-order valence-corrected chi connectivity index (χ0v) is 20.3. The van der Waals surface area contributed by atoms with E-state index in [0.29, 0.717) is 36.5 Å². The number of amides is 2. The lowest BCUT2D eigenvalue weighted by atomic mass is 9.97. The van der Waals surface area contributed by atoms with Crippen molar-refractivity contribution < 1.29 is 19.1 Å². The van der Waals surface area contributed by atoms with Crippen LogP contribution in [0.3, 0.4) is 0 Å². The molecular formula is C27H24N4O4S. The summed E-state index contributed by atoms with van der Waals surface area (Å²) in [5, 5.41) is 6.60. The molecule has 4 heterocycles. The van der Waals surface area contributed by atoms with Crippen molar-refractivity contribution in [2.75, 3.05) is 18.4 Å². The quantitative estimate of drug-likeness (QED) is 0.393. The van der Waals surface area contributed by atoms with E-state index in [0.717, 1.165) is 39.9 Å². The molecule has 9 heteroatoms. The van der Waals surface area contributed by atoms with Gasteiger partial charge in [0.15, 0.2) is 0 Å². The normalized spacial score (nSPS) is 15.7. The van der Waals surface area contributed by atoms with E-state index < -0.39 is 0 Å². The van der Waals surface area contributed by atoms with E-state index >= 15 is 0 Å². The molecule has 2 aliphatic heterocycles. The molecular weight excluding hydrogens is 476 g/mol. The summed E-state index contributed by atoms with van der Waals surface area (Å²) in [6, 6.07) is 13.2. The predicted molar refractivity (Wildman–Crippen MR) is 136 cm³/mol. The summed E-state index contributed by atoms with van der Waals surface area (Å²) in [6.45, 7) is 1.63. The standard InChI is InChI=1S/C27H24N4O4S/c32-24(11-18-13-28-22-4-2-1-3-20(18)22)31-9-7-16(8-10-31)26-30-23(15-36-26)25(33)29-19-6-5-17-14-35-27(34)21(17)12-19/h1-6,12-13,15-16,28H,7-11,14H2,(H,29,33). The number of hydrogen-bond donors (Lipinski definition) is 2. The number of benzene rings is 2. The molecule has 2 aromatic heterocycles. The summed E-state index contributed by atoms with van der Waals surface area (Å²) in [5.41, 5.74) is 4.26. The van der Waals surface area contributed by atoms with E-state index in [2.05, 4.69) is 15.3 Å². The number of fused-ring (bicyclic) bond motifs is 2. The summed E-state index contributed by atoms with van der Waals surface area (Å²) in [5.74, 6) is -0.322. The molecule has 0 bridgehead atoms. The van der Waals surface area contributed by atoms with Gasteiger partial charge in [-0.2, -0.15) is 0 Å². The molecule has 6 rings (SSSR count). The maximum atomic E-state index is 12.9. The molecule has 1 fully saturated rings. The summed E-state index contributed by atoms with van der Waals surface area (Å²) in [4.78, 5) is 47.2. The highest BCUT2D eigenvalue weighted by Crippen LogP contribution is 2.31. The van der Waals surface area contributed by atoms with Crippen LogP contribution in [0.4, 0.5) is 5.69 Å². The molecule has 0 unspecified atom stereocenters. The van der Waals surface area contributed by atoms with Crippen molar-refractivity contribution in [3.8, 4) is 0 Å². The second-order valence-corrected chi connectivity index (χ2v) is 10.1. The third-order valence-corrected chi connectivity index (χ3v) is 7.92. The van der Waals surface area contributed by atoms with Crippen LogP contribution in [-0.4, -0.2) is 45.7 Å². The van der Waals surface area contributed by atoms with Crippen LogP contribution in [0.2, 0.25) is 0 Å². The van der Waals surface area contributed by atoms with E-state index in [1.165, 1.54) is 11.3 Å². The van der Waals surface area contributed by atoms with Gasteiger partial charge in [-0.15, -0.1) is 11.3 Å². The Labute approximate surface area is 211 Å². The fourth-order valence-corrected chi connectivity index (χ4v) is 5.87. The largest absolute Gasteiger partial charge is 0.457 e. The SMILES string of the molecule is O=C(Nc1ccc2c(c1)C(=O)OC2)c1csc(C2CCN(C(=O)Cc3c[nH]c4ccccc34)CC2)n1. The Morgan fingerprint density at radius 1 is 1.17 bits per heavy atom. The van der Waals surface area contributed by atoms with Crippen LogP contribution in [0.15, 0.2) is 54.0 Å². The van der Waals surface area contributed by atoms with Crippen molar-refractivity contribution in [2.24, 2.45) is 0 Å². The minimum Gasteiger partial charge on any atom is -0.457 e. The Kier molecular flexibility index (Phi) is 5.77. The number of carbonyl (C=O) groups excluding carboxylic acids is 3. The van der Waals surface area contributed by atoms with Crippen molar-refractivity contribution in [1.29, 1.82) is 0 Å². The fraction of sp³-hybridized carbons (Fsp3) is 0.259. The van der Waals surface area contributed by atoms with Crippen LogP contribution in [0, 0.1) is 0 Å². The number of aromatic nitrogens is 2. The average Bonchev–Trinajstić information content (AvgIpc) is 3.64. The summed E-state index contributed by atoms with van der Waals surface area (Å²) >= 11 is 1.48. The van der Waals surface area contributed by atoms with Crippen molar-refractivity contribution in [1.82, 2.24) is 14.9 Å². The number of nitrogens with zero attached hydrogens (tertiary/aromatic N) is 2. The number of hydrogen-bond acceptors (Lipinski definition) is 6. The Hall–Kier alpha value is -3.98. The first-order valence-electron chi connectivity index (χ1n) is 11.9. The number of anilines is 1. The first-order valence-corrected chi connectivity index (χ1v) is 12.8. The Balaban J connectivity index is 1.05. The van der Waals surface area contributed by atoms with Crippen LogP contribution in [0.5, 0.6) is 0 Å². The molecule has 182 valence electrons. The van der Waals surface area contributed by atoms with Gasteiger partial charge in [-0.1, -0.05) is 24.3 Å². The molecule has 2 amide bonds. The first kappa shape index (κ1) is 22.5. The number of ether oxygens (including phenoxy) is 1. The number of nitrogens with one attached hydrogen (secondary N) is 2. The lowest BCUT2D eigenvalue weighted by Gasteiger charge is -2.31. The number of likely N-dealkylation sites (tertiary alicyclic amines) is 1. The highest BCUT2D eigenvalue weighted by molar-refractivity contribution is 7.10. The van der Waals surface area contributed by atoms with Crippen LogP contribution < -0.4 is 5.32 Å². The summed E-state index contributed by atoms with van der Waals surface area (Å²) in [7, 11) is 0. The number of esters is 1. The third-order valence-electron chi connectivity index (χ3n) is 6.91. The number of H-pyrrole nitrogens is 1. The van der Waals surface area contributed by atoms with Crippen LogP contribution in [-0.2, 0) is 22.6 Å². The zero-order valence-electron chi connectivity index (χ0n) is 19.5. The minimum atomic E-state index is -0.372. The number of piperidine rings is 1. The molecule has 0 atom stereocenters. The lowest BCUT2D eigenvalue weighted by molar-refractivity contribution is -0.131. The minimum absolute atomic E-state index is 0.135. The number of carbonyl (C=O) groups is 3. The highest BCUT2D eigenvalue weighted by atomic mass is 32.1. The number of thiazole rings is 1.